The van der Waals surface area contributed by atoms with Gasteiger partial charge in [-0.1, -0.05) is 39.5 Å². The topological polar surface area (TPSA) is 83.2 Å². The van der Waals surface area contributed by atoms with Crippen molar-refractivity contribution in [1.82, 2.24) is 9.80 Å². The quantitative estimate of drug-likeness (QED) is 0.499. The Kier molecular flexibility index (Phi) is 14.4. The Hall–Kier alpha value is -0.410. The van der Waals surface area contributed by atoms with Crippen LogP contribution in [0.4, 0.5) is 0 Å². The maximum Gasteiger partial charge on any atom is 0.191 e. The maximum absolute atomic E-state index is 6.20. The minimum Gasteiger partial charge on any atom is -0.370 e. The number of nitrogens with zero attached hydrogens (tertiary/aromatic N) is 4. The molecule has 2 aliphatic heterocycles. The van der Waals surface area contributed by atoms with Crippen molar-refractivity contribution < 1.29 is 0 Å². The van der Waals surface area contributed by atoms with Crippen molar-refractivity contribution in [1.29, 1.82) is 0 Å². The van der Waals surface area contributed by atoms with Crippen LogP contribution in [0.3, 0.4) is 0 Å². The molecule has 6 nitrogen and oxygen atoms in total. The molecule has 2 heterocycles. The lowest BCUT2D eigenvalue weighted by molar-refractivity contribution is 0.232. The van der Waals surface area contributed by atoms with Crippen molar-refractivity contribution in [3.8, 4) is 0 Å². The van der Waals surface area contributed by atoms with Gasteiger partial charge in [0.15, 0.2) is 11.9 Å². The first-order valence-corrected chi connectivity index (χ1v) is 11.2. The molecule has 0 radical (unpaired) electrons. The van der Waals surface area contributed by atoms with Gasteiger partial charge in [-0.05, 0) is 43.9 Å². The van der Waals surface area contributed by atoms with Crippen molar-refractivity contribution in [2.24, 2.45) is 33.3 Å². The average Bonchev–Trinajstić information content (AvgIpc) is 3.22. The second kappa shape index (κ2) is 14.6. The third kappa shape index (κ3) is 7.93. The van der Waals surface area contributed by atoms with Crippen molar-refractivity contribution in [3.05, 3.63) is 0 Å². The summed E-state index contributed by atoms with van der Waals surface area (Å²) in [6.45, 7) is 8.51. The fourth-order valence-electron chi connectivity index (χ4n) is 4.79. The molecule has 178 valence electrons. The van der Waals surface area contributed by atoms with E-state index < -0.39 is 0 Å². The molecule has 0 bridgehead atoms. The number of unbranched alkanes of at least 4 members (excludes halogenated alkanes) is 1. The predicted molar refractivity (Wildman–Crippen MR) is 145 cm³/mol. The van der Waals surface area contributed by atoms with Crippen molar-refractivity contribution in [3.63, 3.8) is 0 Å². The van der Waals surface area contributed by atoms with Crippen LogP contribution >= 0.6 is 40.5 Å². The van der Waals surface area contributed by atoms with Crippen LogP contribution < -0.4 is 11.5 Å². The Morgan fingerprint density at radius 3 is 2.40 bits per heavy atom. The SMILES string of the molecule is CCC(C)[C@H]1CN(CCCC[C@H]2CN=C(N)N2CC2CCCCC2)C(N)=N1.S.S.S. The van der Waals surface area contributed by atoms with Crippen LogP contribution in [0, 0.1) is 11.8 Å². The van der Waals surface area contributed by atoms with E-state index in [1.54, 1.807) is 0 Å². The molecular weight excluding hydrogens is 432 g/mol. The van der Waals surface area contributed by atoms with Crippen LogP contribution in [-0.4, -0.2) is 60.0 Å². The Balaban J connectivity index is 0.00000280. The molecule has 0 aromatic heterocycles. The van der Waals surface area contributed by atoms with Crippen LogP contribution in [0.1, 0.15) is 71.6 Å². The third-order valence-corrected chi connectivity index (χ3v) is 6.92. The van der Waals surface area contributed by atoms with Gasteiger partial charge in [0, 0.05) is 19.6 Å². The van der Waals surface area contributed by atoms with Crippen LogP contribution in [0.5, 0.6) is 0 Å². The van der Waals surface area contributed by atoms with E-state index in [0.29, 0.717) is 18.0 Å². The number of nitrogens with two attached hydrogens (primary N) is 2. The summed E-state index contributed by atoms with van der Waals surface area (Å²) in [6.07, 6.45) is 11.6. The van der Waals surface area contributed by atoms with Gasteiger partial charge in [-0.15, -0.1) is 0 Å². The van der Waals surface area contributed by atoms with Gasteiger partial charge in [0.2, 0.25) is 0 Å². The molecule has 0 amide bonds. The Morgan fingerprint density at radius 1 is 1.03 bits per heavy atom. The van der Waals surface area contributed by atoms with Gasteiger partial charge in [-0.3, -0.25) is 4.99 Å². The van der Waals surface area contributed by atoms with E-state index in [2.05, 4.69) is 33.6 Å². The molecule has 3 atom stereocenters. The van der Waals surface area contributed by atoms with E-state index in [1.807, 2.05) is 0 Å². The van der Waals surface area contributed by atoms with Crippen molar-refractivity contribution >= 4 is 52.4 Å². The van der Waals surface area contributed by atoms with Gasteiger partial charge in [-0.2, -0.15) is 40.5 Å². The van der Waals surface area contributed by atoms with E-state index in [1.165, 1.54) is 44.9 Å². The summed E-state index contributed by atoms with van der Waals surface area (Å²) < 4.78 is 0. The van der Waals surface area contributed by atoms with E-state index in [9.17, 15) is 0 Å². The fraction of sp³-hybridized carbons (Fsp3) is 0.905. The smallest absolute Gasteiger partial charge is 0.191 e. The van der Waals surface area contributed by atoms with Crippen molar-refractivity contribution in [2.45, 2.75) is 83.7 Å². The molecule has 0 spiro atoms. The first-order chi connectivity index (χ1) is 13.1. The Morgan fingerprint density at radius 2 is 1.73 bits per heavy atom. The number of hydrogen-bond acceptors (Lipinski definition) is 6. The van der Waals surface area contributed by atoms with Crippen molar-refractivity contribution in [2.75, 3.05) is 26.2 Å². The third-order valence-electron chi connectivity index (χ3n) is 6.92. The molecule has 4 N–H and O–H groups in total. The highest BCUT2D eigenvalue weighted by Gasteiger charge is 2.29. The van der Waals surface area contributed by atoms with Crippen LogP contribution in [0.2, 0.25) is 0 Å². The molecule has 9 heteroatoms. The fourth-order valence-corrected chi connectivity index (χ4v) is 4.79. The first kappa shape index (κ1) is 29.6. The molecule has 1 unspecified atom stereocenters. The lowest BCUT2D eigenvalue weighted by atomic mass is 9.88. The summed E-state index contributed by atoms with van der Waals surface area (Å²) in [6, 6.07) is 0.883. The lowest BCUT2D eigenvalue weighted by Gasteiger charge is -2.32. The predicted octanol–water partition coefficient (Wildman–Crippen LogP) is 3.12. The number of hydrogen-bond donors (Lipinski definition) is 2. The van der Waals surface area contributed by atoms with Gasteiger partial charge in [-0.25, -0.2) is 4.99 Å². The Labute approximate surface area is 205 Å². The summed E-state index contributed by atoms with van der Waals surface area (Å²) in [5.41, 5.74) is 12.3. The van der Waals surface area contributed by atoms with Crippen LogP contribution in [0.15, 0.2) is 9.98 Å². The zero-order valence-corrected chi connectivity index (χ0v) is 21.9. The molecule has 0 aromatic rings. The van der Waals surface area contributed by atoms with Gasteiger partial charge >= 0.3 is 0 Å². The molecule has 0 saturated heterocycles. The summed E-state index contributed by atoms with van der Waals surface area (Å²) in [5.74, 6) is 2.94. The zero-order chi connectivity index (χ0) is 19.2. The normalized spacial score (nSPS) is 25.0. The van der Waals surface area contributed by atoms with Gasteiger partial charge in [0.05, 0.1) is 18.6 Å². The zero-order valence-electron chi connectivity index (χ0n) is 18.9. The molecule has 1 aliphatic carbocycles. The van der Waals surface area contributed by atoms with E-state index in [0.717, 1.165) is 56.9 Å². The minimum atomic E-state index is 0. The molecule has 3 rings (SSSR count). The average molecular weight is 479 g/mol. The highest BCUT2D eigenvalue weighted by atomic mass is 32.1. The molecule has 0 aromatic carbocycles. The van der Waals surface area contributed by atoms with Crippen LogP contribution in [0.25, 0.3) is 0 Å². The number of aliphatic imine (C=N–C) groups is 2. The molecule has 3 aliphatic rings. The minimum absolute atomic E-state index is 0. The monoisotopic (exact) mass is 478 g/mol. The van der Waals surface area contributed by atoms with Gasteiger partial charge in [0.25, 0.3) is 0 Å². The van der Waals surface area contributed by atoms with E-state index in [-0.39, 0.29) is 40.5 Å². The highest BCUT2D eigenvalue weighted by molar-refractivity contribution is 7.59. The summed E-state index contributed by atoms with van der Waals surface area (Å²) >= 11 is 0. The van der Waals surface area contributed by atoms with Gasteiger partial charge in [0.1, 0.15) is 0 Å². The van der Waals surface area contributed by atoms with Gasteiger partial charge < -0.3 is 21.3 Å². The summed E-state index contributed by atoms with van der Waals surface area (Å²) in [7, 11) is 0. The second-order valence-corrected chi connectivity index (χ2v) is 8.89. The molecular formula is C21H46N6S3. The molecule has 30 heavy (non-hydrogen) atoms. The summed E-state index contributed by atoms with van der Waals surface area (Å²) in [4.78, 5) is 13.9. The maximum atomic E-state index is 6.20. The largest absolute Gasteiger partial charge is 0.370 e. The van der Waals surface area contributed by atoms with Crippen LogP contribution in [-0.2, 0) is 0 Å². The standard InChI is InChI=1S/C21H40N6.3H2S/c1-3-16(2)19-15-26(21(23)25-19)12-8-7-11-18-13-24-20(22)27(18)14-17-9-5-4-6-10-17;;;/h16-19H,3-15H2,1-2H3,(H2,22,24)(H2,23,25);3*1H2/t16?,18-,19+;;;/m0.../s1. The summed E-state index contributed by atoms with van der Waals surface area (Å²) in [5, 5.41) is 0. The first-order valence-electron chi connectivity index (χ1n) is 11.2. The molecule has 1 saturated carbocycles. The second-order valence-electron chi connectivity index (χ2n) is 8.89. The lowest BCUT2D eigenvalue weighted by Crippen LogP contribution is -2.44. The Bertz CT molecular complexity index is 539. The highest BCUT2D eigenvalue weighted by Crippen LogP contribution is 2.27. The van der Waals surface area contributed by atoms with E-state index in [4.69, 9.17) is 11.5 Å². The molecule has 1 fully saturated rings. The van der Waals surface area contributed by atoms with E-state index >= 15 is 0 Å². The number of guanidine groups is 2. The number of rotatable bonds is 9.